The highest BCUT2D eigenvalue weighted by molar-refractivity contribution is 5.68. The highest BCUT2D eigenvalue weighted by Gasteiger charge is 2.54. The van der Waals surface area contributed by atoms with E-state index in [1.807, 2.05) is 0 Å². The van der Waals surface area contributed by atoms with Crippen LogP contribution >= 0.6 is 0 Å². The maximum Gasteiger partial charge on any atom is 0.157 e. The van der Waals surface area contributed by atoms with Crippen molar-refractivity contribution < 1.29 is 40.9 Å². The number of aromatic hydroxyl groups is 8. The Morgan fingerprint density at radius 1 is 0.389 bits per heavy atom. The Balaban J connectivity index is 1.68. The molecule has 182 valence electrons. The molecule has 0 aromatic heterocycles. The molecule has 4 aromatic carbocycles. The van der Waals surface area contributed by atoms with E-state index in [9.17, 15) is 40.9 Å². The summed E-state index contributed by atoms with van der Waals surface area (Å²) in [7, 11) is 0. The van der Waals surface area contributed by atoms with E-state index < -0.39 is 23.7 Å². The van der Waals surface area contributed by atoms with Crippen LogP contribution in [0.5, 0.6) is 46.0 Å². The molecular formula is C28H22O8. The third-order valence-corrected chi connectivity index (χ3v) is 7.51. The molecule has 0 saturated heterocycles. The highest BCUT2D eigenvalue weighted by atomic mass is 16.3. The average Bonchev–Trinajstić information content (AvgIpc) is 3.31. The molecule has 8 nitrogen and oxygen atoms in total. The third kappa shape index (κ3) is 2.94. The molecule has 0 aliphatic heterocycles. The van der Waals surface area contributed by atoms with Crippen molar-refractivity contribution >= 4 is 0 Å². The van der Waals surface area contributed by atoms with Crippen LogP contribution in [0.15, 0.2) is 60.7 Å². The van der Waals surface area contributed by atoms with Crippen molar-refractivity contribution in [1.82, 2.24) is 0 Å². The summed E-state index contributed by atoms with van der Waals surface area (Å²) >= 11 is 0. The van der Waals surface area contributed by atoms with Crippen molar-refractivity contribution in [3.05, 3.63) is 94.0 Å². The van der Waals surface area contributed by atoms with Gasteiger partial charge in [-0.05, 0) is 58.7 Å². The Morgan fingerprint density at radius 3 is 1.14 bits per heavy atom. The zero-order valence-electron chi connectivity index (χ0n) is 18.7. The summed E-state index contributed by atoms with van der Waals surface area (Å²) in [6.45, 7) is 0. The van der Waals surface area contributed by atoms with E-state index in [-0.39, 0.29) is 46.0 Å². The van der Waals surface area contributed by atoms with E-state index in [0.29, 0.717) is 33.4 Å². The molecule has 0 heterocycles. The zero-order chi connectivity index (χ0) is 25.5. The van der Waals surface area contributed by atoms with Gasteiger partial charge in [0, 0.05) is 46.9 Å². The number of phenolic OH excluding ortho intramolecular Hbond substituents is 8. The topological polar surface area (TPSA) is 162 Å². The Bertz CT molecular complexity index is 1440. The lowest BCUT2D eigenvalue weighted by Gasteiger charge is -2.23. The van der Waals surface area contributed by atoms with Gasteiger partial charge in [0.1, 0.15) is 23.0 Å². The fourth-order valence-corrected chi connectivity index (χ4v) is 6.25. The maximum atomic E-state index is 11.0. The Kier molecular flexibility index (Phi) is 4.47. The number of fused-ring (bicyclic) bond motifs is 5. The number of hydrogen-bond acceptors (Lipinski definition) is 8. The molecule has 8 N–H and O–H groups in total. The average molecular weight is 486 g/mol. The van der Waals surface area contributed by atoms with E-state index in [2.05, 4.69) is 0 Å². The molecule has 2 aliphatic rings. The summed E-state index contributed by atoms with van der Waals surface area (Å²) in [6, 6.07) is 14.3. The van der Waals surface area contributed by atoms with E-state index in [1.165, 1.54) is 36.4 Å². The lowest BCUT2D eigenvalue weighted by atomic mass is 9.79. The first-order valence-electron chi connectivity index (χ1n) is 11.3. The molecular weight excluding hydrogens is 464 g/mol. The Labute approximate surface area is 204 Å². The number of benzene rings is 4. The summed E-state index contributed by atoms with van der Waals surface area (Å²) in [6.07, 6.45) is 0. The van der Waals surface area contributed by atoms with Gasteiger partial charge in [-0.2, -0.15) is 0 Å². The number of hydrogen-bond donors (Lipinski definition) is 8. The quantitative estimate of drug-likeness (QED) is 0.192. The minimum absolute atomic E-state index is 0.157. The summed E-state index contributed by atoms with van der Waals surface area (Å²) < 4.78 is 0. The minimum Gasteiger partial charge on any atom is -0.508 e. The standard InChI is InChI=1S/C28H22O8/c29-13-7-15-25(21(35)9-13)23(11-1-3-17(31)19(33)5-11)27-16-8-14(30)10-22(36)26(16)24(28(15)27)12-2-4-18(32)20(34)6-12/h1-10,23-24,27-36H/t23-,24-,27+,28+/m0/s1. The van der Waals surface area contributed by atoms with E-state index >= 15 is 0 Å². The van der Waals surface area contributed by atoms with E-state index in [0.717, 1.165) is 0 Å². The molecule has 0 saturated carbocycles. The highest BCUT2D eigenvalue weighted by Crippen LogP contribution is 2.69. The van der Waals surface area contributed by atoms with Gasteiger partial charge >= 0.3 is 0 Å². The normalized spacial score (nSPS) is 21.7. The van der Waals surface area contributed by atoms with Gasteiger partial charge in [0.2, 0.25) is 0 Å². The first kappa shape index (κ1) is 21.8. The lowest BCUT2D eigenvalue weighted by Crippen LogP contribution is -2.10. The Hall–Kier alpha value is -4.72. The van der Waals surface area contributed by atoms with Gasteiger partial charge in [-0.3, -0.25) is 0 Å². The van der Waals surface area contributed by atoms with Gasteiger partial charge in [0.25, 0.3) is 0 Å². The predicted octanol–water partition coefficient (Wildman–Crippen LogP) is 4.49. The van der Waals surface area contributed by atoms with Crippen LogP contribution in [0, 0.1) is 0 Å². The van der Waals surface area contributed by atoms with Crippen LogP contribution in [-0.2, 0) is 0 Å². The summed E-state index contributed by atoms with van der Waals surface area (Å²) in [5.41, 5.74) is 3.36. The number of phenols is 8. The molecule has 0 bridgehead atoms. The monoisotopic (exact) mass is 486 g/mol. The Morgan fingerprint density at radius 2 is 0.778 bits per heavy atom. The fourth-order valence-electron chi connectivity index (χ4n) is 6.25. The molecule has 2 aliphatic carbocycles. The predicted molar refractivity (Wildman–Crippen MR) is 128 cm³/mol. The minimum atomic E-state index is -0.576. The van der Waals surface area contributed by atoms with Crippen LogP contribution in [0.1, 0.15) is 57.1 Å². The molecule has 4 atom stereocenters. The van der Waals surface area contributed by atoms with Crippen molar-refractivity contribution in [3.8, 4) is 46.0 Å². The van der Waals surface area contributed by atoms with Crippen molar-refractivity contribution in [2.75, 3.05) is 0 Å². The second kappa shape index (κ2) is 7.39. The van der Waals surface area contributed by atoms with E-state index in [4.69, 9.17) is 0 Å². The molecule has 0 spiro atoms. The molecule has 0 fully saturated rings. The van der Waals surface area contributed by atoms with Crippen molar-refractivity contribution in [2.45, 2.75) is 23.7 Å². The second-order valence-electron chi connectivity index (χ2n) is 9.44. The first-order chi connectivity index (χ1) is 17.2. The van der Waals surface area contributed by atoms with Gasteiger partial charge in [0.05, 0.1) is 0 Å². The van der Waals surface area contributed by atoms with Crippen molar-refractivity contribution in [2.24, 2.45) is 0 Å². The van der Waals surface area contributed by atoms with Gasteiger partial charge < -0.3 is 40.9 Å². The van der Waals surface area contributed by atoms with Crippen molar-refractivity contribution in [3.63, 3.8) is 0 Å². The van der Waals surface area contributed by atoms with Gasteiger partial charge in [-0.1, -0.05) is 12.1 Å². The molecule has 36 heavy (non-hydrogen) atoms. The molecule has 6 rings (SSSR count). The molecule has 0 unspecified atom stereocenters. The molecule has 0 amide bonds. The van der Waals surface area contributed by atoms with Crippen molar-refractivity contribution in [1.29, 1.82) is 0 Å². The molecule has 0 radical (unpaired) electrons. The van der Waals surface area contributed by atoms with Gasteiger partial charge in [-0.15, -0.1) is 0 Å². The maximum absolute atomic E-state index is 11.0. The summed E-state index contributed by atoms with van der Waals surface area (Å²) in [5, 5.41) is 83.0. The third-order valence-electron chi connectivity index (χ3n) is 7.51. The van der Waals surface area contributed by atoms with Gasteiger partial charge in [-0.25, -0.2) is 0 Å². The van der Waals surface area contributed by atoms with Gasteiger partial charge in [0.15, 0.2) is 23.0 Å². The van der Waals surface area contributed by atoms with E-state index in [1.54, 1.807) is 24.3 Å². The smallest absolute Gasteiger partial charge is 0.157 e. The van der Waals surface area contributed by atoms with Crippen LogP contribution < -0.4 is 0 Å². The van der Waals surface area contributed by atoms with Crippen LogP contribution in [0.4, 0.5) is 0 Å². The summed E-state index contributed by atoms with van der Waals surface area (Å²) in [4.78, 5) is 0. The summed E-state index contributed by atoms with van der Waals surface area (Å²) in [5.74, 6) is -4.00. The van der Waals surface area contributed by atoms with Crippen LogP contribution in [-0.4, -0.2) is 40.9 Å². The van der Waals surface area contributed by atoms with Crippen LogP contribution in [0.25, 0.3) is 0 Å². The van der Waals surface area contributed by atoms with Crippen LogP contribution in [0.2, 0.25) is 0 Å². The molecule has 4 aromatic rings. The fraction of sp³-hybridized carbons (Fsp3) is 0.143. The second-order valence-corrected chi connectivity index (χ2v) is 9.44. The largest absolute Gasteiger partial charge is 0.508 e. The zero-order valence-corrected chi connectivity index (χ0v) is 18.7. The molecule has 8 heteroatoms. The SMILES string of the molecule is Oc1cc(O)c2c(c1)[C@@H]1[C@@H](c3ccc(O)c(O)c3)c3c(O)cc(O)cc3[C@@H]1[C@H]2c1ccc(O)c(O)c1. The number of rotatable bonds is 2. The van der Waals surface area contributed by atoms with Crippen LogP contribution in [0.3, 0.4) is 0 Å². The first-order valence-corrected chi connectivity index (χ1v) is 11.3. The lowest BCUT2D eigenvalue weighted by molar-refractivity contribution is 0.401.